The minimum Gasteiger partial charge on any atom is -0.483 e. The maximum Gasteiger partial charge on any atom is 0.343 e. The summed E-state index contributed by atoms with van der Waals surface area (Å²) in [6.45, 7) is -0.927. The summed E-state index contributed by atoms with van der Waals surface area (Å²) in [6, 6.07) is 6.12. The highest BCUT2D eigenvalue weighted by molar-refractivity contribution is 5.98. The first kappa shape index (κ1) is 15.7. The van der Waals surface area contributed by atoms with E-state index in [4.69, 9.17) is 15.6 Å². The number of ether oxygens (including phenoxy) is 1. The molecule has 0 aliphatic carbocycles. The van der Waals surface area contributed by atoms with Crippen molar-refractivity contribution in [1.29, 1.82) is 0 Å². The molecule has 22 heavy (non-hydrogen) atoms. The SMILES string of the molecule is NC(=O)COc1ccccc1C(=O)N1CCC(F)(C(=O)O)C1. The van der Waals surface area contributed by atoms with Gasteiger partial charge in [-0.1, -0.05) is 12.1 Å². The van der Waals surface area contributed by atoms with Gasteiger partial charge in [0.25, 0.3) is 11.8 Å². The monoisotopic (exact) mass is 310 g/mol. The fourth-order valence-corrected chi connectivity index (χ4v) is 2.21. The number of hydrogen-bond donors (Lipinski definition) is 2. The minimum absolute atomic E-state index is 0.00815. The van der Waals surface area contributed by atoms with Crippen LogP contribution in [0.15, 0.2) is 24.3 Å². The summed E-state index contributed by atoms with van der Waals surface area (Å²) in [5.74, 6) is -2.70. The topological polar surface area (TPSA) is 110 Å². The number of nitrogens with zero attached hydrogens (tertiary/aromatic N) is 1. The normalized spacial score (nSPS) is 20.7. The van der Waals surface area contributed by atoms with Crippen molar-refractivity contribution >= 4 is 17.8 Å². The highest BCUT2D eigenvalue weighted by atomic mass is 19.1. The number of carbonyl (C=O) groups excluding carboxylic acids is 2. The van der Waals surface area contributed by atoms with Gasteiger partial charge in [-0.2, -0.15) is 0 Å². The van der Waals surface area contributed by atoms with Crippen molar-refractivity contribution in [3.8, 4) is 5.75 Å². The molecule has 3 N–H and O–H groups in total. The van der Waals surface area contributed by atoms with E-state index in [0.717, 1.165) is 4.90 Å². The molecule has 1 aromatic carbocycles. The number of halogens is 1. The number of carboxylic acid groups (broad SMARTS) is 1. The average molecular weight is 310 g/mol. The molecule has 7 nitrogen and oxygen atoms in total. The Morgan fingerprint density at radius 3 is 2.64 bits per heavy atom. The summed E-state index contributed by atoms with van der Waals surface area (Å²) in [4.78, 5) is 35.1. The summed E-state index contributed by atoms with van der Waals surface area (Å²) in [5.41, 5.74) is 2.67. The van der Waals surface area contributed by atoms with Crippen LogP contribution in [0.2, 0.25) is 0 Å². The molecule has 1 aliphatic rings. The molecule has 0 saturated carbocycles. The number of para-hydroxylation sites is 1. The van der Waals surface area contributed by atoms with Crippen LogP contribution in [0.3, 0.4) is 0 Å². The first-order valence-corrected chi connectivity index (χ1v) is 6.55. The van der Waals surface area contributed by atoms with Gasteiger partial charge in [-0.05, 0) is 12.1 Å². The zero-order chi connectivity index (χ0) is 16.3. The fourth-order valence-electron chi connectivity index (χ4n) is 2.21. The van der Waals surface area contributed by atoms with Crippen LogP contribution in [0.5, 0.6) is 5.75 Å². The number of carbonyl (C=O) groups is 3. The van der Waals surface area contributed by atoms with E-state index in [2.05, 4.69) is 0 Å². The van der Waals surface area contributed by atoms with Gasteiger partial charge in [0.05, 0.1) is 12.1 Å². The third kappa shape index (κ3) is 3.16. The molecule has 1 atom stereocenters. The average Bonchev–Trinajstić information content (AvgIpc) is 2.88. The molecule has 1 fully saturated rings. The first-order valence-electron chi connectivity index (χ1n) is 6.55. The fraction of sp³-hybridized carbons (Fsp3) is 0.357. The Morgan fingerprint density at radius 1 is 1.36 bits per heavy atom. The largest absolute Gasteiger partial charge is 0.483 e. The number of amides is 2. The van der Waals surface area contributed by atoms with E-state index in [9.17, 15) is 18.8 Å². The van der Waals surface area contributed by atoms with E-state index in [1.165, 1.54) is 12.1 Å². The predicted octanol–water partition coefficient (Wildman–Crippen LogP) is 0.189. The van der Waals surface area contributed by atoms with Gasteiger partial charge in [-0.25, -0.2) is 9.18 Å². The second-order valence-electron chi connectivity index (χ2n) is 5.00. The maximum atomic E-state index is 14.0. The Hall–Kier alpha value is -2.64. The molecule has 2 rings (SSSR count). The van der Waals surface area contributed by atoms with Crippen LogP contribution in [0.4, 0.5) is 4.39 Å². The highest BCUT2D eigenvalue weighted by Gasteiger charge is 2.47. The van der Waals surface area contributed by atoms with Gasteiger partial charge in [0.1, 0.15) is 5.75 Å². The Kier molecular flexibility index (Phi) is 4.30. The number of alkyl halides is 1. The van der Waals surface area contributed by atoms with Crippen LogP contribution < -0.4 is 10.5 Å². The number of nitrogens with two attached hydrogens (primary N) is 1. The molecule has 118 valence electrons. The zero-order valence-corrected chi connectivity index (χ0v) is 11.6. The zero-order valence-electron chi connectivity index (χ0n) is 11.6. The molecule has 1 aliphatic heterocycles. The summed E-state index contributed by atoms with van der Waals surface area (Å²) >= 11 is 0. The number of benzene rings is 1. The quantitative estimate of drug-likeness (QED) is 0.806. The molecule has 1 heterocycles. The van der Waals surface area contributed by atoms with E-state index >= 15 is 0 Å². The molecular formula is C14H15FN2O5. The van der Waals surface area contributed by atoms with Crippen molar-refractivity contribution in [1.82, 2.24) is 4.90 Å². The number of carboxylic acids is 1. The van der Waals surface area contributed by atoms with E-state index < -0.39 is 36.6 Å². The second-order valence-corrected chi connectivity index (χ2v) is 5.00. The van der Waals surface area contributed by atoms with Gasteiger partial charge >= 0.3 is 5.97 Å². The van der Waals surface area contributed by atoms with Crippen LogP contribution in [0, 0.1) is 0 Å². The Bertz CT molecular complexity index is 621. The number of primary amides is 1. The van der Waals surface area contributed by atoms with Crippen LogP contribution in [-0.4, -0.2) is 53.2 Å². The van der Waals surface area contributed by atoms with Crippen molar-refractivity contribution in [3.05, 3.63) is 29.8 Å². The lowest BCUT2D eigenvalue weighted by Crippen LogP contribution is -2.39. The Labute approximate surface area is 125 Å². The van der Waals surface area contributed by atoms with Crippen molar-refractivity contribution in [2.75, 3.05) is 19.7 Å². The smallest absolute Gasteiger partial charge is 0.343 e. The minimum atomic E-state index is -2.43. The van der Waals surface area contributed by atoms with Gasteiger partial charge < -0.3 is 20.5 Å². The third-order valence-corrected chi connectivity index (χ3v) is 3.38. The van der Waals surface area contributed by atoms with E-state index in [1.807, 2.05) is 0 Å². The Balaban J connectivity index is 2.17. The molecule has 0 bridgehead atoms. The van der Waals surface area contributed by atoms with E-state index in [0.29, 0.717) is 0 Å². The summed E-state index contributed by atoms with van der Waals surface area (Å²) in [6.07, 6.45) is -0.265. The summed E-state index contributed by atoms with van der Waals surface area (Å²) in [5, 5.41) is 8.85. The lowest BCUT2D eigenvalue weighted by atomic mass is 10.1. The van der Waals surface area contributed by atoms with Crippen LogP contribution in [-0.2, 0) is 9.59 Å². The summed E-state index contributed by atoms with van der Waals surface area (Å²) in [7, 11) is 0. The molecule has 8 heteroatoms. The number of hydrogen-bond acceptors (Lipinski definition) is 4. The number of aliphatic carboxylic acids is 1. The molecule has 0 spiro atoms. The number of rotatable bonds is 5. The maximum absolute atomic E-state index is 14.0. The van der Waals surface area contributed by atoms with E-state index in [-0.39, 0.29) is 24.3 Å². The standard InChI is InChI=1S/C14H15FN2O5/c15-14(13(20)21)5-6-17(8-14)12(19)9-3-1-2-4-10(9)22-7-11(16)18/h1-4H,5-8H2,(H2,16,18)(H,20,21). The van der Waals surface area contributed by atoms with Crippen LogP contribution >= 0.6 is 0 Å². The van der Waals surface area contributed by atoms with Gasteiger partial charge in [0, 0.05) is 13.0 Å². The first-order chi connectivity index (χ1) is 10.3. The lowest BCUT2D eigenvalue weighted by molar-refractivity contribution is -0.149. The molecule has 0 aromatic heterocycles. The van der Waals surface area contributed by atoms with Crippen LogP contribution in [0.1, 0.15) is 16.8 Å². The highest BCUT2D eigenvalue weighted by Crippen LogP contribution is 2.29. The molecule has 1 aromatic rings. The van der Waals surface area contributed by atoms with Gasteiger partial charge in [0.2, 0.25) is 5.67 Å². The van der Waals surface area contributed by atoms with Gasteiger partial charge in [-0.3, -0.25) is 9.59 Å². The molecular weight excluding hydrogens is 295 g/mol. The summed E-state index contributed by atoms with van der Waals surface area (Å²) < 4.78 is 19.2. The number of likely N-dealkylation sites (tertiary alicyclic amines) is 1. The lowest BCUT2D eigenvalue weighted by Gasteiger charge is -2.19. The van der Waals surface area contributed by atoms with Crippen molar-refractivity contribution in [2.45, 2.75) is 12.1 Å². The molecule has 1 saturated heterocycles. The van der Waals surface area contributed by atoms with Gasteiger partial charge in [0.15, 0.2) is 6.61 Å². The second kappa shape index (κ2) is 6.00. The molecule has 1 unspecified atom stereocenters. The van der Waals surface area contributed by atoms with E-state index in [1.54, 1.807) is 12.1 Å². The Morgan fingerprint density at radius 2 is 2.05 bits per heavy atom. The molecule has 0 radical (unpaired) electrons. The van der Waals surface area contributed by atoms with Gasteiger partial charge in [-0.15, -0.1) is 0 Å². The molecule has 2 amide bonds. The van der Waals surface area contributed by atoms with Crippen molar-refractivity contribution in [3.63, 3.8) is 0 Å². The van der Waals surface area contributed by atoms with Crippen molar-refractivity contribution in [2.24, 2.45) is 5.73 Å². The van der Waals surface area contributed by atoms with Crippen LogP contribution in [0.25, 0.3) is 0 Å². The predicted molar refractivity (Wildman–Crippen MR) is 73.1 cm³/mol. The third-order valence-electron chi connectivity index (χ3n) is 3.38. The van der Waals surface area contributed by atoms with Crippen molar-refractivity contribution < 1.29 is 28.6 Å².